The molecule has 3 rings (SSSR count). The maximum atomic E-state index is 11.8. The lowest BCUT2D eigenvalue weighted by atomic mass is 10.1. The third-order valence-electron chi connectivity index (χ3n) is 3.97. The van der Waals surface area contributed by atoms with Crippen molar-refractivity contribution in [2.75, 3.05) is 7.11 Å². The Balaban J connectivity index is 1.85. The quantitative estimate of drug-likeness (QED) is 0.901. The van der Waals surface area contributed by atoms with Crippen LogP contribution in [0.5, 0.6) is 5.75 Å². The van der Waals surface area contributed by atoms with Gasteiger partial charge in [0.2, 0.25) is 5.91 Å². The monoisotopic (exact) mass is 272 g/mol. The Labute approximate surface area is 118 Å². The van der Waals surface area contributed by atoms with Gasteiger partial charge in [0.25, 0.3) is 0 Å². The number of ether oxygens (including phenoxy) is 1. The molecule has 1 aliphatic carbocycles. The third kappa shape index (κ3) is 2.15. The highest BCUT2D eigenvalue weighted by Gasteiger charge is 2.27. The van der Waals surface area contributed by atoms with E-state index in [1.165, 1.54) is 16.6 Å². The summed E-state index contributed by atoms with van der Waals surface area (Å²) in [5.74, 6) is 1.03. The van der Waals surface area contributed by atoms with E-state index in [9.17, 15) is 4.79 Å². The largest absolute Gasteiger partial charge is 0.497 e. The Bertz CT molecular complexity index is 658. The van der Waals surface area contributed by atoms with E-state index in [0.717, 1.165) is 24.1 Å². The summed E-state index contributed by atoms with van der Waals surface area (Å²) >= 11 is 0. The van der Waals surface area contributed by atoms with Gasteiger partial charge in [0.05, 0.1) is 7.11 Å². The molecule has 1 aliphatic rings. The van der Waals surface area contributed by atoms with Crippen molar-refractivity contribution in [2.45, 2.75) is 32.7 Å². The lowest BCUT2D eigenvalue weighted by Gasteiger charge is -2.14. The first kappa shape index (κ1) is 13.0. The van der Waals surface area contributed by atoms with Crippen LogP contribution in [0.3, 0.4) is 0 Å². The molecule has 2 aromatic rings. The predicted octanol–water partition coefficient (Wildman–Crippen LogP) is 2.42. The second kappa shape index (κ2) is 4.85. The summed E-state index contributed by atoms with van der Waals surface area (Å²) in [4.78, 5) is 15.2. The van der Waals surface area contributed by atoms with Gasteiger partial charge < -0.3 is 15.0 Å². The molecule has 0 fully saturated rings. The standard InChI is InChI=1S/C16H20N2O2/c1-9(2)16(19)17-10-6-12-13-8-11(20-3)4-5-14(13)18-15(12)7-10/h4-5,8-10,18H,6-7H2,1-3H3,(H,17,19). The zero-order chi connectivity index (χ0) is 14.3. The number of methoxy groups -OCH3 is 1. The van der Waals surface area contributed by atoms with E-state index in [4.69, 9.17) is 4.74 Å². The number of rotatable bonds is 3. The summed E-state index contributed by atoms with van der Waals surface area (Å²) in [5, 5.41) is 4.32. The molecule has 1 aromatic heterocycles. The molecule has 0 saturated carbocycles. The van der Waals surface area contributed by atoms with Crippen molar-refractivity contribution in [3.63, 3.8) is 0 Å². The average molecular weight is 272 g/mol. The number of fused-ring (bicyclic) bond motifs is 3. The highest BCUT2D eigenvalue weighted by molar-refractivity contribution is 5.87. The van der Waals surface area contributed by atoms with Gasteiger partial charge in [-0.1, -0.05) is 13.8 Å². The Kier molecular flexibility index (Phi) is 3.16. The minimum absolute atomic E-state index is 0.0331. The molecular weight excluding hydrogens is 252 g/mol. The van der Waals surface area contributed by atoms with Crippen molar-refractivity contribution < 1.29 is 9.53 Å². The first-order chi connectivity index (χ1) is 9.58. The Hall–Kier alpha value is -1.97. The zero-order valence-corrected chi connectivity index (χ0v) is 12.1. The number of amides is 1. The first-order valence-electron chi connectivity index (χ1n) is 7.06. The lowest BCUT2D eigenvalue weighted by molar-refractivity contribution is -0.124. The number of aromatic nitrogens is 1. The maximum absolute atomic E-state index is 11.8. The number of nitrogens with one attached hydrogen (secondary N) is 2. The van der Waals surface area contributed by atoms with Gasteiger partial charge in [-0.3, -0.25) is 4.79 Å². The van der Waals surface area contributed by atoms with E-state index in [-0.39, 0.29) is 17.9 Å². The fraction of sp³-hybridized carbons (Fsp3) is 0.438. The topological polar surface area (TPSA) is 54.1 Å². The van der Waals surface area contributed by atoms with Crippen molar-refractivity contribution >= 4 is 16.8 Å². The average Bonchev–Trinajstić information content (AvgIpc) is 2.95. The van der Waals surface area contributed by atoms with Crippen LogP contribution < -0.4 is 10.1 Å². The Morgan fingerprint density at radius 3 is 2.90 bits per heavy atom. The summed E-state index contributed by atoms with van der Waals surface area (Å²) in [6, 6.07) is 6.29. The molecule has 4 nitrogen and oxygen atoms in total. The Morgan fingerprint density at radius 1 is 1.40 bits per heavy atom. The summed E-state index contributed by atoms with van der Waals surface area (Å²) in [7, 11) is 1.68. The first-order valence-corrected chi connectivity index (χ1v) is 7.06. The molecule has 1 heterocycles. The van der Waals surface area contributed by atoms with Crippen LogP contribution in [-0.2, 0) is 17.6 Å². The number of carbonyl (C=O) groups excluding carboxylic acids is 1. The van der Waals surface area contributed by atoms with Gasteiger partial charge in [0, 0.05) is 35.0 Å². The molecule has 0 spiro atoms. The summed E-state index contributed by atoms with van der Waals surface area (Å²) in [6.07, 6.45) is 1.77. The highest BCUT2D eigenvalue weighted by atomic mass is 16.5. The summed E-state index contributed by atoms with van der Waals surface area (Å²) < 4.78 is 5.29. The number of hydrogen-bond acceptors (Lipinski definition) is 2. The van der Waals surface area contributed by atoms with Crippen LogP contribution in [0.1, 0.15) is 25.1 Å². The molecule has 0 bridgehead atoms. The summed E-state index contributed by atoms with van der Waals surface area (Å²) in [6.45, 7) is 3.84. The molecule has 1 atom stereocenters. The lowest BCUT2D eigenvalue weighted by Crippen LogP contribution is -2.37. The molecule has 0 radical (unpaired) electrons. The normalized spacial score (nSPS) is 17.5. The van der Waals surface area contributed by atoms with Crippen LogP contribution in [0.15, 0.2) is 18.2 Å². The number of aromatic amines is 1. The van der Waals surface area contributed by atoms with Crippen molar-refractivity contribution in [1.82, 2.24) is 10.3 Å². The van der Waals surface area contributed by atoms with E-state index in [1.807, 2.05) is 26.0 Å². The van der Waals surface area contributed by atoms with E-state index in [1.54, 1.807) is 7.11 Å². The molecule has 20 heavy (non-hydrogen) atoms. The van der Waals surface area contributed by atoms with E-state index >= 15 is 0 Å². The van der Waals surface area contributed by atoms with Crippen LogP contribution in [0.4, 0.5) is 0 Å². The molecule has 4 heteroatoms. The van der Waals surface area contributed by atoms with Crippen LogP contribution >= 0.6 is 0 Å². The third-order valence-corrected chi connectivity index (χ3v) is 3.97. The number of carbonyl (C=O) groups is 1. The van der Waals surface area contributed by atoms with Gasteiger partial charge in [-0.2, -0.15) is 0 Å². The Morgan fingerprint density at radius 2 is 2.20 bits per heavy atom. The molecular formula is C16H20N2O2. The highest BCUT2D eigenvalue weighted by Crippen LogP contribution is 2.32. The summed E-state index contributed by atoms with van der Waals surface area (Å²) in [5.41, 5.74) is 3.69. The van der Waals surface area contributed by atoms with Gasteiger partial charge >= 0.3 is 0 Å². The fourth-order valence-electron chi connectivity index (χ4n) is 2.85. The molecule has 1 amide bonds. The number of H-pyrrole nitrogens is 1. The van der Waals surface area contributed by atoms with Crippen molar-refractivity contribution in [3.8, 4) is 5.75 Å². The molecule has 0 saturated heterocycles. The molecule has 106 valence electrons. The second-order valence-electron chi connectivity index (χ2n) is 5.76. The minimum atomic E-state index is 0.0331. The number of benzene rings is 1. The van der Waals surface area contributed by atoms with Gasteiger partial charge in [0.1, 0.15) is 5.75 Å². The van der Waals surface area contributed by atoms with Crippen molar-refractivity contribution in [3.05, 3.63) is 29.5 Å². The smallest absolute Gasteiger partial charge is 0.222 e. The predicted molar refractivity (Wildman–Crippen MR) is 79.0 cm³/mol. The minimum Gasteiger partial charge on any atom is -0.497 e. The van der Waals surface area contributed by atoms with Crippen molar-refractivity contribution in [1.29, 1.82) is 0 Å². The van der Waals surface area contributed by atoms with Crippen LogP contribution in [-0.4, -0.2) is 24.0 Å². The van der Waals surface area contributed by atoms with Gasteiger partial charge in [0.15, 0.2) is 0 Å². The van der Waals surface area contributed by atoms with E-state index < -0.39 is 0 Å². The SMILES string of the molecule is COc1ccc2[nH]c3c(c2c1)CC(NC(=O)C(C)C)C3. The van der Waals surface area contributed by atoms with E-state index in [2.05, 4.69) is 16.4 Å². The van der Waals surface area contributed by atoms with Crippen molar-refractivity contribution in [2.24, 2.45) is 5.92 Å². The van der Waals surface area contributed by atoms with Crippen LogP contribution in [0, 0.1) is 5.92 Å². The zero-order valence-electron chi connectivity index (χ0n) is 12.1. The van der Waals surface area contributed by atoms with Gasteiger partial charge in [-0.05, 0) is 30.2 Å². The van der Waals surface area contributed by atoms with Crippen LogP contribution in [0.25, 0.3) is 10.9 Å². The molecule has 2 N–H and O–H groups in total. The number of hydrogen-bond donors (Lipinski definition) is 2. The molecule has 1 unspecified atom stereocenters. The maximum Gasteiger partial charge on any atom is 0.222 e. The fourth-order valence-corrected chi connectivity index (χ4v) is 2.85. The van der Waals surface area contributed by atoms with Gasteiger partial charge in [-0.15, -0.1) is 0 Å². The molecule has 1 aromatic carbocycles. The van der Waals surface area contributed by atoms with Crippen LogP contribution in [0.2, 0.25) is 0 Å². The van der Waals surface area contributed by atoms with E-state index in [0.29, 0.717) is 0 Å². The van der Waals surface area contributed by atoms with Gasteiger partial charge in [-0.25, -0.2) is 0 Å². The molecule has 0 aliphatic heterocycles. The second-order valence-corrected chi connectivity index (χ2v) is 5.76.